The van der Waals surface area contributed by atoms with Crippen LogP contribution in [0.4, 0.5) is 5.69 Å². The van der Waals surface area contributed by atoms with E-state index in [1.807, 2.05) is 6.92 Å². The monoisotopic (exact) mass is 319 g/mol. The molecule has 1 saturated heterocycles. The molecular formula is C12H17NO5S2. The topological polar surface area (TPSA) is 89.5 Å². The second-order valence-electron chi connectivity index (χ2n) is 4.88. The zero-order chi connectivity index (χ0) is 15.0. The third kappa shape index (κ3) is 3.24. The molecule has 1 fully saturated rings. The van der Waals surface area contributed by atoms with Gasteiger partial charge in [-0.15, -0.1) is 0 Å². The molecule has 0 aromatic heterocycles. The van der Waals surface area contributed by atoms with Crippen molar-refractivity contribution in [2.45, 2.75) is 18.6 Å². The zero-order valence-corrected chi connectivity index (χ0v) is 12.9. The molecule has 0 radical (unpaired) electrons. The Labute approximate surface area is 119 Å². The highest BCUT2D eigenvalue weighted by Crippen LogP contribution is 2.28. The van der Waals surface area contributed by atoms with Gasteiger partial charge in [0.15, 0.2) is 9.84 Å². The van der Waals surface area contributed by atoms with Crippen molar-refractivity contribution in [2.24, 2.45) is 0 Å². The summed E-state index contributed by atoms with van der Waals surface area (Å²) in [6.45, 7) is 1.83. The van der Waals surface area contributed by atoms with Crippen molar-refractivity contribution in [3.63, 3.8) is 0 Å². The minimum atomic E-state index is -3.74. The van der Waals surface area contributed by atoms with Crippen molar-refractivity contribution in [1.29, 1.82) is 0 Å². The number of nitrogens with one attached hydrogen (secondary N) is 1. The van der Waals surface area contributed by atoms with Gasteiger partial charge in [0.05, 0.1) is 29.6 Å². The summed E-state index contributed by atoms with van der Waals surface area (Å²) in [6.07, 6.45) is 0.131. The van der Waals surface area contributed by atoms with Gasteiger partial charge in [0.2, 0.25) is 10.0 Å². The van der Waals surface area contributed by atoms with Gasteiger partial charge in [-0.1, -0.05) is 6.07 Å². The van der Waals surface area contributed by atoms with E-state index < -0.39 is 25.1 Å². The third-order valence-corrected chi connectivity index (χ3v) is 7.00. The molecule has 0 amide bonds. The molecule has 6 nitrogen and oxygen atoms in total. The number of benzene rings is 1. The predicted octanol–water partition coefficient (Wildman–Crippen LogP) is 0.932. The van der Waals surface area contributed by atoms with Crippen LogP contribution >= 0.6 is 0 Å². The molecule has 8 heteroatoms. The van der Waals surface area contributed by atoms with Crippen LogP contribution in [0.25, 0.3) is 0 Å². The molecular weight excluding hydrogens is 302 g/mol. The number of sulfone groups is 1. The Morgan fingerprint density at radius 2 is 2.05 bits per heavy atom. The van der Waals surface area contributed by atoms with Crippen molar-refractivity contribution in [3.05, 3.63) is 23.8 Å². The van der Waals surface area contributed by atoms with E-state index in [-0.39, 0.29) is 17.9 Å². The van der Waals surface area contributed by atoms with Gasteiger partial charge in [-0.3, -0.25) is 4.72 Å². The van der Waals surface area contributed by atoms with Crippen LogP contribution in [0.1, 0.15) is 12.0 Å². The molecule has 1 aliphatic heterocycles. The molecule has 0 aliphatic carbocycles. The van der Waals surface area contributed by atoms with Crippen LogP contribution in [0, 0.1) is 6.92 Å². The van der Waals surface area contributed by atoms with Crippen molar-refractivity contribution < 1.29 is 21.6 Å². The SMILES string of the molecule is COc1ccc(C)cc1NS(=O)(=O)[C@@H]1CCS(=O)(=O)C1. The summed E-state index contributed by atoms with van der Waals surface area (Å²) >= 11 is 0. The first-order valence-corrected chi connectivity index (χ1v) is 9.47. The second-order valence-corrected chi connectivity index (χ2v) is 9.07. The van der Waals surface area contributed by atoms with Crippen LogP contribution in [-0.2, 0) is 19.9 Å². The first kappa shape index (κ1) is 15.1. The molecule has 2 rings (SSSR count). The van der Waals surface area contributed by atoms with Gasteiger partial charge in [-0.05, 0) is 31.0 Å². The molecule has 0 saturated carbocycles. The Morgan fingerprint density at radius 3 is 2.60 bits per heavy atom. The lowest BCUT2D eigenvalue weighted by Crippen LogP contribution is -2.29. The number of methoxy groups -OCH3 is 1. The van der Waals surface area contributed by atoms with E-state index in [2.05, 4.69) is 4.72 Å². The largest absolute Gasteiger partial charge is 0.495 e. The highest BCUT2D eigenvalue weighted by Gasteiger charge is 2.37. The molecule has 0 unspecified atom stereocenters. The van der Waals surface area contributed by atoms with Gasteiger partial charge in [0.1, 0.15) is 5.75 Å². The molecule has 1 aliphatic rings. The fourth-order valence-electron chi connectivity index (χ4n) is 2.14. The number of anilines is 1. The average molecular weight is 319 g/mol. The second kappa shape index (κ2) is 5.25. The smallest absolute Gasteiger partial charge is 0.236 e. The molecule has 0 bridgehead atoms. The number of rotatable bonds is 4. The molecule has 1 aromatic carbocycles. The summed E-state index contributed by atoms with van der Waals surface area (Å²) in [6, 6.07) is 5.12. The molecule has 1 heterocycles. The lowest BCUT2D eigenvalue weighted by Gasteiger charge is -2.15. The minimum absolute atomic E-state index is 0.0798. The number of sulfonamides is 1. The number of aryl methyl sites for hydroxylation is 1. The molecule has 1 aromatic rings. The van der Waals surface area contributed by atoms with Crippen molar-refractivity contribution in [2.75, 3.05) is 23.3 Å². The van der Waals surface area contributed by atoms with Crippen LogP contribution in [0.3, 0.4) is 0 Å². The summed E-state index contributed by atoms with van der Waals surface area (Å²) < 4.78 is 54.8. The van der Waals surface area contributed by atoms with Crippen molar-refractivity contribution in [3.8, 4) is 5.75 Å². The third-order valence-electron chi connectivity index (χ3n) is 3.24. The van der Waals surface area contributed by atoms with E-state index in [1.165, 1.54) is 7.11 Å². The maximum absolute atomic E-state index is 12.2. The fourth-order valence-corrected chi connectivity index (χ4v) is 6.24. The average Bonchev–Trinajstić information content (AvgIpc) is 2.70. The van der Waals surface area contributed by atoms with Crippen LogP contribution in [0.5, 0.6) is 5.75 Å². The van der Waals surface area contributed by atoms with Crippen LogP contribution < -0.4 is 9.46 Å². The fraction of sp³-hybridized carbons (Fsp3) is 0.500. The lowest BCUT2D eigenvalue weighted by atomic mass is 10.2. The van der Waals surface area contributed by atoms with E-state index in [0.29, 0.717) is 11.4 Å². The van der Waals surface area contributed by atoms with Crippen LogP contribution in [0.15, 0.2) is 18.2 Å². The van der Waals surface area contributed by atoms with Crippen LogP contribution in [-0.4, -0.2) is 40.7 Å². The number of ether oxygens (including phenoxy) is 1. The predicted molar refractivity (Wildman–Crippen MR) is 77.3 cm³/mol. The Bertz CT molecular complexity index is 709. The molecule has 20 heavy (non-hydrogen) atoms. The first-order chi connectivity index (χ1) is 9.23. The number of hydrogen-bond acceptors (Lipinski definition) is 5. The maximum atomic E-state index is 12.2. The quantitative estimate of drug-likeness (QED) is 0.892. The highest BCUT2D eigenvalue weighted by atomic mass is 32.2. The van der Waals surface area contributed by atoms with Gasteiger partial charge >= 0.3 is 0 Å². The molecule has 1 atom stereocenters. The zero-order valence-electron chi connectivity index (χ0n) is 11.3. The van der Waals surface area contributed by atoms with Gasteiger partial charge in [-0.2, -0.15) is 0 Å². The van der Waals surface area contributed by atoms with Gasteiger partial charge in [0, 0.05) is 0 Å². The van der Waals surface area contributed by atoms with Gasteiger partial charge < -0.3 is 4.74 Å². The van der Waals surface area contributed by atoms with Crippen molar-refractivity contribution in [1.82, 2.24) is 0 Å². The Kier molecular flexibility index (Phi) is 3.97. The Balaban J connectivity index is 2.27. The molecule has 112 valence electrons. The first-order valence-electron chi connectivity index (χ1n) is 6.10. The summed E-state index contributed by atoms with van der Waals surface area (Å²) in [5, 5.41) is -0.905. The maximum Gasteiger partial charge on any atom is 0.236 e. The molecule has 0 spiro atoms. The summed E-state index contributed by atoms with van der Waals surface area (Å²) in [5.74, 6) is 0.0000205. The van der Waals surface area contributed by atoms with E-state index in [4.69, 9.17) is 4.74 Å². The standard InChI is InChI=1S/C12H17NO5S2/c1-9-3-4-12(18-2)11(7-9)13-20(16,17)10-5-6-19(14,15)8-10/h3-4,7,10,13H,5-6,8H2,1-2H3/t10-/m1/s1. The lowest BCUT2D eigenvalue weighted by molar-refractivity contribution is 0.416. The highest BCUT2D eigenvalue weighted by molar-refractivity contribution is 7.97. The molecule has 1 N–H and O–H groups in total. The summed E-state index contributed by atoms with van der Waals surface area (Å²) in [7, 11) is -5.54. The van der Waals surface area contributed by atoms with Gasteiger partial charge in [-0.25, -0.2) is 16.8 Å². The van der Waals surface area contributed by atoms with Crippen LogP contribution in [0.2, 0.25) is 0 Å². The van der Waals surface area contributed by atoms with Gasteiger partial charge in [0.25, 0.3) is 0 Å². The van der Waals surface area contributed by atoms with Crippen molar-refractivity contribution >= 4 is 25.5 Å². The normalized spacial score (nSPS) is 21.6. The van der Waals surface area contributed by atoms with E-state index >= 15 is 0 Å². The summed E-state index contributed by atoms with van der Waals surface area (Å²) in [4.78, 5) is 0. The minimum Gasteiger partial charge on any atom is -0.495 e. The number of hydrogen-bond donors (Lipinski definition) is 1. The van der Waals surface area contributed by atoms with E-state index in [1.54, 1.807) is 18.2 Å². The van der Waals surface area contributed by atoms with E-state index in [9.17, 15) is 16.8 Å². The Hall–Kier alpha value is -1.28. The Morgan fingerprint density at radius 1 is 1.35 bits per heavy atom. The van der Waals surface area contributed by atoms with E-state index in [0.717, 1.165) is 5.56 Å². The summed E-state index contributed by atoms with van der Waals surface area (Å²) in [5.41, 5.74) is 1.21.